The van der Waals surface area contributed by atoms with Crippen molar-refractivity contribution in [3.8, 4) is 0 Å². The SMILES string of the molecule is COC(=O)[C@H]1O[C@H](O[C@H]2O[C@H](C(=O)OC)[C@@H](OC)[C@H](O)[C@H]2O)[C@H](O)[C@@H](O)[C@@H]1OC. The van der Waals surface area contributed by atoms with Crippen LogP contribution in [0.15, 0.2) is 0 Å². The minimum Gasteiger partial charge on any atom is -0.467 e. The summed E-state index contributed by atoms with van der Waals surface area (Å²) in [6, 6.07) is 0. The Morgan fingerprint density at radius 3 is 1.28 bits per heavy atom. The molecule has 2 aliphatic rings. The zero-order valence-electron chi connectivity index (χ0n) is 16.2. The molecule has 0 aromatic carbocycles. The van der Waals surface area contributed by atoms with Crippen LogP contribution in [0.4, 0.5) is 0 Å². The standard InChI is InChI=1S/C16H26O13/c1-23-9-5(17)7(19)15(27-11(9)13(21)25-3)29-16-8(20)6(18)10(24-2)12(28-16)14(22)26-4/h5-12,15-20H,1-4H3/t5-,6-,7-,8-,9+,10+,11+,12+,15-,16-/m1/s1. The molecule has 0 spiro atoms. The third-order valence-corrected chi connectivity index (χ3v) is 4.77. The first kappa shape index (κ1) is 23.9. The lowest BCUT2D eigenvalue weighted by Crippen LogP contribution is -2.65. The average Bonchev–Trinajstić information content (AvgIpc) is 2.72. The molecule has 13 nitrogen and oxygen atoms in total. The number of methoxy groups -OCH3 is 4. The van der Waals surface area contributed by atoms with Gasteiger partial charge in [-0.2, -0.15) is 0 Å². The highest BCUT2D eigenvalue weighted by Gasteiger charge is 2.53. The maximum Gasteiger partial charge on any atom is 0.337 e. The Balaban J connectivity index is 2.21. The largest absolute Gasteiger partial charge is 0.467 e. The maximum absolute atomic E-state index is 11.9. The highest BCUT2D eigenvalue weighted by molar-refractivity contribution is 5.76. The van der Waals surface area contributed by atoms with E-state index in [0.29, 0.717) is 0 Å². The van der Waals surface area contributed by atoms with Crippen LogP contribution >= 0.6 is 0 Å². The van der Waals surface area contributed by atoms with Gasteiger partial charge >= 0.3 is 11.9 Å². The third kappa shape index (κ3) is 4.68. The van der Waals surface area contributed by atoms with E-state index in [2.05, 4.69) is 9.47 Å². The Morgan fingerprint density at radius 1 is 0.655 bits per heavy atom. The predicted molar refractivity (Wildman–Crippen MR) is 88.1 cm³/mol. The van der Waals surface area contributed by atoms with Crippen molar-refractivity contribution in [3.05, 3.63) is 0 Å². The topological polar surface area (TPSA) is 180 Å². The van der Waals surface area contributed by atoms with E-state index in [4.69, 9.17) is 23.7 Å². The van der Waals surface area contributed by atoms with Gasteiger partial charge in [0.2, 0.25) is 0 Å². The van der Waals surface area contributed by atoms with Gasteiger partial charge in [-0.05, 0) is 0 Å². The van der Waals surface area contributed by atoms with Gasteiger partial charge in [-0.3, -0.25) is 0 Å². The lowest BCUT2D eigenvalue weighted by Gasteiger charge is -2.45. The van der Waals surface area contributed by atoms with Crippen molar-refractivity contribution >= 4 is 11.9 Å². The van der Waals surface area contributed by atoms with Crippen molar-refractivity contribution in [1.82, 2.24) is 0 Å². The molecule has 2 saturated heterocycles. The second kappa shape index (κ2) is 10.1. The summed E-state index contributed by atoms with van der Waals surface area (Å²) in [5.41, 5.74) is 0. The van der Waals surface area contributed by atoms with Crippen LogP contribution in [0.1, 0.15) is 0 Å². The molecular formula is C16H26O13. The van der Waals surface area contributed by atoms with Crippen LogP contribution in [-0.2, 0) is 42.7 Å². The normalized spacial score (nSPS) is 42.9. The Morgan fingerprint density at radius 2 is 1.00 bits per heavy atom. The molecule has 2 rings (SSSR count). The van der Waals surface area contributed by atoms with Crippen LogP contribution in [0.2, 0.25) is 0 Å². The minimum absolute atomic E-state index is 0.909. The van der Waals surface area contributed by atoms with E-state index in [9.17, 15) is 30.0 Å². The number of rotatable bonds is 6. The van der Waals surface area contributed by atoms with Gasteiger partial charge in [0.25, 0.3) is 0 Å². The van der Waals surface area contributed by atoms with E-state index < -0.39 is 73.4 Å². The van der Waals surface area contributed by atoms with E-state index in [-0.39, 0.29) is 0 Å². The molecule has 29 heavy (non-hydrogen) atoms. The molecule has 0 aliphatic carbocycles. The Kier molecular flexibility index (Phi) is 8.28. The van der Waals surface area contributed by atoms with Crippen LogP contribution in [0, 0.1) is 0 Å². The van der Waals surface area contributed by atoms with E-state index in [1.165, 1.54) is 14.2 Å². The van der Waals surface area contributed by atoms with Gasteiger partial charge in [0.15, 0.2) is 24.8 Å². The summed E-state index contributed by atoms with van der Waals surface area (Å²) in [6.07, 6.45) is -15.6. The smallest absolute Gasteiger partial charge is 0.337 e. The zero-order valence-corrected chi connectivity index (χ0v) is 16.2. The lowest BCUT2D eigenvalue weighted by atomic mass is 9.97. The first-order valence-corrected chi connectivity index (χ1v) is 8.61. The highest BCUT2D eigenvalue weighted by Crippen LogP contribution is 2.30. The summed E-state index contributed by atoms with van der Waals surface area (Å²) in [5.74, 6) is -1.82. The lowest BCUT2D eigenvalue weighted by molar-refractivity contribution is -0.370. The van der Waals surface area contributed by atoms with Crippen LogP contribution in [0.25, 0.3) is 0 Å². The highest BCUT2D eigenvalue weighted by atomic mass is 16.8. The fourth-order valence-corrected chi connectivity index (χ4v) is 3.17. The van der Waals surface area contributed by atoms with Gasteiger partial charge < -0.3 is 53.6 Å². The van der Waals surface area contributed by atoms with Crippen molar-refractivity contribution in [2.45, 2.75) is 61.4 Å². The molecule has 0 saturated carbocycles. The van der Waals surface area contributed by atoms with Crippen molar-refractivity contribution in [2.75, 3.05) is 28.4 Å². The predicted octanol–water partition coefficient (Wildman–Crippen LogP) is -3.73. The van der Waals surface area contributed by atoms with E-state index >= 15 is 0 Å². The van der Waals surface area contributed by atoms with Gasteiger partial charge in [-0.25, -0.2) is 9.59 Å². The van der Waals surface area contributed by atoms with Crippen molar-refractivity contribution in [1.29, 1.82) is 0 Å². The average molecular weight is 426 g/mol. The number of carbonyl (C=O) groups is 2. The van der Waals surface area contributed by atoms with Gasteiger partial charge in [-0.15, -0.1) is 0 Å². The summed E-state index contributed by atoms with van der Waals surface area (Å²) in [6.45, 7) is 0. The number of aliphatic hydroxyl groups is 4. The zero-order chi connectivity index (χ0) is 21.9. The van der Waals surface area contributed by atoms with Gasteiger partial charge in [-0.1, -0.05) is 0 Å². The van der Waals surface area contributed by atoms with Crippen molar-refractivity contribution in [3.63, 3.8) is 0 Å². The molecule has 0 aromatic heterocycles. The maximum atomic E-state index is 11.9. The molecule has 2 fully saturated rings. The minimum atomic E-state index is -1.73. The molecule has 2 aliphatic heterocycles. The first-order chi connectivity index (χ1) is 13.7. The monoisotopic (exact) mass is 426 g/mol. The molecule has 0 aromatic rings. The molecule has 0 unspecified atom stereocenters. The molecule has 2 heterocycles. The van der Waals surface area contributed by atoms with Gasteiger partial charge in [0.05, 0.1) is 14.2 Å². The molecule has 0 bridgehead atoms. The number of ether oxygens (including phenoxy) is 7. The van der Waals surface area contributed by atoms with E-state index in [0.717, 1.165) is 14.2 Å². The van der Waals surface area contributed by atoms with Crippen molar-refractivity contribution in [2.24, 2.45) is 0 Å². The molecule has 0 amide bonds. The fraction of sp³-hybridized carbons (Fsp3) is 0.875. The molecule has 0 radical (unpaired) electrons. The van der Waals surface area contributed by atoms with Crippen LogP contribution in [-0.4, -0.2) is 122 Å². The van der Waals surface area contributed by atoms with Crippen LogP contribution < -0.4 is 0 Å². The summed E-state index contributed by atoms with van der Waals surface area (Å²) in [5, 5.41) is 41.0. The first-order valence-electron chi connectivity index (χ1n) is 8.61. The van der Waals surface area contributed by atoms with E-state index in [1.54, 1.807) is 0 Å². The number of hydrogen-bond acceptors (Lipinski definition) is 13. The fourth-order valence-electron chi connectivity index (χ4n) is 3.17. The number of carbonyl (C=O) groups excluding carboxylic acids is 2. The van der Waals surface area contributed by atoms with E-state index in [1.807, 2.05) is 0 Å². The van der Waals surface area contributed by atoms with Gasteiger partial charge in [0, 0.05) is 14.2 Å². The van der Waals surface area contributed by atoms with Crippen LogP contribution in [0.5, 0.6) is 0 Å². The summed E-state index contributed by atoms with van der Waals surface area (Å²) in [4.78, 5) is 23.9. The Bertz CT molecular complexity index is 523. The second-order valence-corrected chi connectivity index (χ2v) is 6.40. The molecular weight excluding hydrogens is 400 g/mol. The quantitative estimate of drug-likeness (QED) is 0.305. The summed E-state index contributed by atoms with van der Waals surface area (Å²) < 4.78 is 35.2. The number of hydrogen-bond donors (Lipinski definition) is 4. The summed E-state index contributed by atoms with van der Waals surface area (Å²) >= 11 is 0. The molecule has 10 atom stereocenters. The molecule has 13 heteroatoms. The van der Waals surface area contributed by atoms with Crippen molar-refractivity contribution < 1.29 is 63.2 Å². The Labute approximate surface area is 165 Å². The number of esters is 2. The third-order valence-electron chi connectivity index (χ3n) is 4.77. The molecule has 4 N–H and O–H groups in total. The number of aliphatic hydroxyl groups excluding tert-OH is 4. The molecule has 168 valence electrons. The van der Waals surface area contributed by atoms with Gasteiger partial charge in [0.1, 0.15) is 36.6 Å². The van der Waals surface area contributed by atoms with Crippen LogP contribution in [0.3, 0.4) is 0 Å². The Hall–Kier alpha value is -1.42. The summed E-state index contributed by atoms with van der Waals surface area (Å²) in [7, 11) is 4.55. The second-order valence-electron chi connectivity index (χ2n) is 6.40.